The summed E-state index contributed by atoms with van der Waals surface area (Å²) < 4.78 is 10.9. The number of ether oxygens (including phenoxy) is 2. The third-order valence-corrected chi connectivity index (χ3v) is 4.42. The van der Waals surface area contributed by atoms with E-state index in [9.17, 15) is 9.90 Å². The van der Waals surface area contributed by atoms with Crippen LogP contribution >= 0.6 is 0 Å². The molecule has 1 saturated heterocycles. The van der Waals surface area contributed by atoms with Gasteiger partial charge < -0.3 is 14.6 Å². The number of benzene rings is 1. The molecule has 5 heteroatoms. The zero-order valence-electron chi connectivity index (χ0n) is 13.9. The summed E-state index contributed by atoms with van der Waals surface area (Å²) in [5.41, 5.74) is 0.782. The van der Waals surface area contributed by atoms with Crippen LogP contribution < -0.4 is 9.47 Å². The van der Waals surface area contributed by atoms with E-state index >= 15 is 0 Å². The number of carbonyl (C=O) groups is 1. The van der Waals surface area contributed by atoms with Crippen LogP contribution in [-0.2, 0) is 4.79 Å². The first-order chi connectivity index (χ1) is 10.3. The number of carboxylic acid groups (broad SMARTS) is 1. The molecule has 2 atom stereocenters. The van der Waals surface area contributed by atoms with E-state index in [4.69, 9.17) is 9.47 Å². The molecule has 22 heavy (non-hydrogen) atoms. The number of hydrogen-bond acceptors (Lipinski definition) is 4. The molecule has 1 aliphatic heterocycles. The van der Waals surface area contributed by atoms with Gasteiger partial charge in [-0.3, -0.25) is 9.69 Å². The molecule has 0 saturated carbocycles. The number of aliphatic carboxylic acids is 1. The number of hydrogen-bond donors (Lipinski definition) is 1. The Hall–Kier alpha value is -1.75. The Kier molecular flexibility index (Phi) is 4.66. The quantitative estimate of drug-likeness (QED) is 0.926. The van der Waals surface area contributed by atoms with Crippen LogP contribution in [0.15, 0.2) is 18.2 Å². The predicted octanol–water partition coefficient (Wildman–Crippen LogP) is 2.60. The largest absolute Gasteiger partial charge is 0.496 e. The summed E-state index contributed by atoms with van der Waals surface area (Å²) in [5.74, 6) is -0.0188. The molecule has 0 aromatic heterocycles. The Labute approximate surface area is 131 Å². The van der Waals surface area contributed by atoms with E-state index in [2.05, 4.69) is 25.7 Å². The Balaban J connectivity index is 2.47. The molecule has 1 heterocycles. The molecule has 1 aromatic carbocycles. The van der Waals surface area contributed by atoms with Gasteiger partial charge in [0.15, 0.2) is 0 Å². The van der Waals surface area contributed by atoms with Gasteiger partial charge in [0.25, 0.3) is 0 Å². The van der Waals surface area contributed by atoms with Crippen molar-refractivity contribution < 1.29 is 19.4 Å². The van der Waals surface area contributed by atoms with Crippen LogP contribution in [0.25, 0.3) is 0 Å². The molecule has 2 rings (SSSR count). The highest BCUT2D eigenvalue weighted by Gasteiger charge is 2.44. The summed E-state index contributed by atoms with van der Waals surface area (Å²) in [4.78, 5) is 14.0. The molecule has 1 aliphatic rings. The van der Waals surface area contributed by atoms with Crippen LogP contribution in [0, 0.1) is 5.92 Å². The van der Waals surface area contributed by atoms with Gasteiger partial charge in [-0.15, -0.1) is 0 Å². The average Bonchev–Trinajstić information content (AvgIpc) is 2.91. The third kappa shape index (κ3) is 3.04. The van der Waals surface area contributed by atoms with Crippen LogP contribution in [0.2, 0.25) is 0 Å². The second-order valence-corrected chi connectivity index (χ2v) is 6.70. The van der Waals surface area contributed by atoms with Crippen LogP contribution in [0.4, 0.5) is 0 Å². The van der Waals surface area contributed by atoms with Crippen LogP contribution in [-0.4, -0.2) is 48.8 Å². The molecule has 0 spiro atoms. The van der Waals surface area contributed by atoms with Crippen LogP contribution in [0.3, 0.4) is 0 Å². The van der Waals surface area contributed by atoms with Crippen LogP contribution in [0.5, 0.6) is 11.5 Å². The second kappa shape index (κ2) is 6.16. The molecular weight excluding hydrogens is 282 g/mol. The van der Waals surface area contributed by atoms with Crippen molar-refractivity contribution in [3.8, 4) is 11.5 Å². The molecule has 1 N–H and O–H groups in total. The first-order valence-corrected chi connectivity index (χ1v) is 7.48. The lowest BCUT2D eigenvalue weighted by molar-refractivity contribution is -0.141. The summed E-state index contributed by atoms with van der Waals surface area (Å²) in [5, 5.41) is 9.65. The molecule has 1 fully saturated rings. The molecule has 0 aliphatic carbocycles. The summed E-state index contributed by atoms with van der Waals surface area (Å²) in [6.07, 6.45) is 0. The van der Waals surface area contributed by atoms with Crippen molar-refractivity contribution >= 4 is 5.97 Å². The lowest BCUT2D eigenvalue weighted by Crippen LogP contribution is -2.40. The number of rotatable bonds is 4. The summed E-state index contributed by atoms with van der Waals surface area (Å²) in [6.45, 7) is 7.52. The van der Waals surface area contributed by atoms with Crippen molar-refractivity contribution in [1.82, 2.24) is 4.90 Å². The van der Waals surface area contributed by atoms with Gasteiger partial charge in [0, 0.05) is 30.1 Å². The first kappa shape index (κ1) is 16.6. The van der Waals surface area contributed by atoms with E-state index < -0.39 is 11.9 Å². The maximum atomic E-state index is 11.7. The van der Waals surface area contributed by atoms with Gasteiger partial charge in [-0.2, -0.15) is 0 Å². The fourth-order valence-electron chi connectivity index (χ4n) is 3.14. The number of carboxylic acids is 1. The SMILES string of the molecule is COc1cccc(OC)c1[C@@H]1CN(C(C)(C)C)C[C@H]1C(=O)O. The van der Waals surface area contributed by atoms with Crippen molar-refractivity contribution in [2.75, 3.05) is 27.3 Å². The third-order valence-electron chi connectivity index (χ3n) is 4.42. The minimum atomic E-state index is -0.773. The van der Waals surface area contributed by atoms with Gasteiger partial charge in [-0.25, -0.2) is 0 Å². The fraction of sp³-hybridized carbons (Fsp3) is 0.588. The molecule has 122 valence electrons. The lowest BCUT2D eigenvalue weighted by Gasteiger charge is -2.31. The molecular formula is C17H25NO4. The zero-order valence-corrected chi connectivity index (χ0v) is 13.9. The molecule has 0 unspecified atom stereocenters. The zero-order chi connectivity index (χ0) is 16.5. The minimum Gasteiger partial charge on any atom is -0.496 e. The fourth-order valence-corrected chi connectivity index (χ4v) is 3.14. The van der Waals surface area contributed by atoms with E-state index in [0.717, 1.165) is 5.56 Å². The molecule has 0 bridgehead atoms. The van der Waals surface area contributed by atoms with Gasteiger partial charge >= 0.3 is 5.97 Å². The lowest BCUT2D eigenvalue weighted by atomic mass is 9.87. The van der Waals surface area contributed by atoms with Crippen molar-refractivity contribution in [3.63, 3.8) is 0 Å². The molecule has 1 aromatic rings. The topological polar surface area (TPSA) is 59.0 Å². The summed E-state index contributed by atoms with van der Waals surface area (Å²) >= 11 is 0. The van der Waals surface area contributed by atoms with Crippen molar-refractivity contribution in [2.45, 2.75) is 32.2 Å². The van der Waals surface area contributed by atoms with Crippen molar-refractivity contribution in [1.29, 1.82) is 0 Å². The van der Waals surface area contributed by atoms with Crippen molar-refractivity contribution in [2.24, 2.45) is 5.92 Å². The highest BCUT2D eigenvalue weighted by Crippen LogP contribution is 2.44. The van der Waals surface area contributed by atoms with E-state index in [0.29, 0.717) is 24.6 Å². The van der Waals surface area contributed by atoms with Gasteiger partial charge in [0.2, 0.25) is 0 Å². The molecule has 5 nitrogen and oxygen atoms in total. The number of likely N-dealkylation sites (tertiary alicyclic amines) is 1. The van der Waals surface area contributed by atoms with Gasteiger partial charge in [0.05, 0.1) is 20.1 Å². The summed E-state index contributed by atoms with van der Waals surface area (Å²) in [7, 11) is 3.20. The Morgan fingerprint density at radius 2 is 1.73 bits per heavy atom. The Morgan fingerprint density at radius 1 is 1.18 bits per heavy atom. The van der Waals surface area contributed by atoms with E-state index in [-0.39, 0.29) is 11.5 Å². The first-order valence-electron chi connectivity index (χ1n) is 7.48. The van der Waals surface area contributed by atoms with E-state index in [1.54, 1.807) is 14.2 Å². The second-order valence-electron chi connectivity index (χ2n) is 6.70. The highest BCUT2D eigenvalue weighted by molar-refractivity contribution is 5.73. The maximum Gasteiger partial charge on any atom is 0.308 e. The summed E-state index contributed by atoms with van der Waals surface area (Å²) in [6, 6.07) is 5.57. The Morgan fingerprint density at radius 3 is 2.14 bits per heavy atom. The normalized spacial score (nSPS) is 22.6. The highest BCUT2D eigenvalue weighted by atomic mass is 16.5. The van der Waals surface area contributed by atoms with Gasteiger partial charge in [-0.1, -0.05) is 6.07 Å². The molecule has 0 amide bonds. The predicted molar refractivity (Wildman–Crippen MR) is 84.7 cm³/mol. The average molecular weight is 307 g/mol. The van der Waals surface area contributed by atoms with E-state index in [1.807, 2.05) is 18.2 Å². The van der Waals surface area contributed by atoms with E-state index in [1.165, 1.54) is 0 Å². The minimum absolute atomic E-state index is 0.0717. The number of nitrogens with zero attached hydrogens (tertiary/aromatic N) is 1. The van der Waals surface area contributed by atoms with Crippen LogP contribution in [0.1, 0.15) is 32.3 Å². The number of methoxy groups -OCH3 is 2. The smallest absolute Gasteiger partial charge is 0.308 e. The van der Waals surface area contributed by atoms with Gasteiger partial charge in [0.1, 0.15) is 11.5 Å². The van der Waals surface area contributed by atoms with Gasteiger partial charge in [-0.05, 0) is 32.9 Å². The Bertz CT molecular complexity index is 528. The molecule has 0 radical (unpaired) electrons. The van der Waals surface area contributed by atoms with Crippen molar-refractivity contribution in [3.05, 3.63) is 23.8 Å². The standard InChI is InChI=1S/C17H25NO4/c1-17(2,3)18-9-11(12(10-18)16(19)20)15-13(21-4)7-6-8-14(15)22-5/h6-8,11-12H,9-10H2,1-5H3,(H,19,20)/t11-,12-/m1/s1. The monoisotopic (exact) mass is 307 g/mol. The maximum absolute atomic E-state index is 11.7.